The van der Waals surface area contributed by atoms with Crippen LogP contribution < -0.4 is 11.1 Å². The molecule has 3 aromatic heterocycles. The van der Waals surface area contributed by atoms with Crippen LogP contribution in [0.1, 0.15) is 45.8 Å². The van der Waals surface area contributed by atoms with E-state index < -0.39 is 29.2 Å². The van der Waals surface area contributed by atoms with E-state index in [1.807, 2.05) is 0 Å². The van der Waals surface area contributed by atoms with E-state index in [0.717, 1.165) is 12.3 Å². The summed E-state index contributed by atoms with van der Waals surface area (Å²) in [6.07, 6.45) is -2.21. The number of alkyl halides is 3. The van der Waals surface area contributed by atoms with Crippen molar-refractivity contribution in [2.75, 3.05) is 0 Å². The number of pyridine rings is 1. The van der Waals surface area contributed by atoms with E-state index in [-0.39, 0.29) is 18.0 Å². The number of aliphatic hydroxyl groups is 1. The molecule has 3 heterocycles. The van der Waals surface area contributed by atoms with E-state index in [1.54, 1.807) is 19.9 Å². The Morgan fingerprint density at radius 3 is 2.50 bits per heavy atom. The lowest BCUT2D eigenvalue weighted by molar-refractivity contribution is -0.137. The maximum absolute atomic E-state index is 12.7. The van der Waals surface area contributed by atoms with Gasteiger partial charge in [-0.05, 0) is 38.1 Å². The number of aromatic amines is 1. The number of hydrogen-bond donors (Lipinski definition) is 4. The highest BCUT2D eigenvalue weighted by molar-refractivity contribution is 7.11. The molecule has 0 aromatic carbocycles. The molecule has 0 aliphatic rings. The van der Waals surface area contributed by atoms with Gasteiger partial charge in [-0.15, -0.1) is 11.3 Å². The molecule has 5 N–H and O–H groups in total. The molecule has 0 saturated carbocycles. The van der Waals surface area contributed by atoms with E-state index in [2.05, 4.69) is 20.3 Å². The Kier molecular flexibility index (Phi) is 5.97. The van der Waals surface area contributed by atoms with Crippen LogP contribution in [-0.4, -0.2) is 31.5 Å². The second-order valence-corrected chi connectivity index (χ2v) is 8.41. The van der Waals surface area contributed by atoms with Crippen LogP contribution in [0.3, 0.4) is 0 Å². The Morgan fingerprint density at radius 1 is 1.23 bits per heavy atom. The van der Waals surface area contributed by atoms with Crippen molar-refractivity contribution in [1.29, 1.82) is 0 Å². The van der Waals surface area contributed by atoms with Gasteiger partial charge >= 0.3 is 6.18 Å². The van der Waals surface area contributed by atoms with Gasteiger partial charge in [-0.1, -0.05) is 0 Å². The van der Waals surface area contributed by atoms with Crippen LogP contribution in [0.4, 0.5) is 13.2 Å². The van der Waals surface area contributed by atoms with Gasteiger partial charge in [-0.3, -0.25) is 9.78 Å². The number of rotatable bonds is 6. The molecule has 0 aliphatic heterocycles. The zero-order valence-electron chi connectivity index (χ0n) is 16.1. The third-order valence-corrected chi connectivity index (χ3v) is 5.34. The number of hydrogen-bond acceptors (Lipinski definition) is 6. The van der Waals surface area contributed by atoms with Crippen molar-refractivity contribution in [1.82, 2.24) is 20.3 Å². The molecule has 0 aliphatic carbocycles. The molecule has 0 saturated heterocycles. The molecule has 30 heavy (non-hydrogen) atoms. The number of H-pyrrole nitrogens is 1. The fraction of sp³-hybridized carbons (Fsp3) is 0.316. The Bertz CT molecular complexity index is 1020. The number of nitrogens with two attached hydrogens (primary N) is 1. The first-order valence-corrected chi connectivity index (χ1v) is 9.68. The molecule has 11 heteroatoms. The normalized spacial score (nSPS) is 13.3. The Hall–Kier alpha value is -2.76. The minimum Gasteiger partial charge on any atom is -0.391 e. The van der Waals surface area contributed by atoms with E-state index in [4.69, 9.17) is 5.73 Å². The van der Waals surface area contributed by atoms with Crippen LogP contribution >= 0.6 is 11.3 Å². The largest absolute Gasteiger partial charge is 0.417 e. The lowest BCUT2D eigenvalue weighted by Gasteiger charge is -2.29. The lowest BCUT2D eigenvalue weighted by atomic mass is 9.96. The van der Waals surface area contributed by atoms with Crippen LogP contribution in [0.25, 0.3) is 11.4 Å². The van der Waals surface area contributed by atoms with Crippen molar-refractivity contribution < 1.29 is 23.1 Å². The van der Waals surface area contributed by atoms with Gasteiger partial charge in [-0.2, -0.15) is 13.2 Å². The highest BCUT2D eigenvalue weighted by atomic mass is 32.1. The van der Waals surface area contributed by atoms with E-state index in [9.17, 15) is 23.1 Å². The van der Waals surface area contributed by atoms with Gasteiger partial charge in [0.15, 0.2) is 0 Å². The Balaban J connectivity index is 1.79. The van der Waals surface area contributed by atoms with Crippen LogP contribution in [0, 0.1) is 0 Å². The average molecular weight is 439 g/mol. The van der Waals surface area contributed by atoms with E-state index in [1.165, 1.54) is 29.7 Å². The Morgan fingerprint density at radius 2 is 1.97 bits per heavy atom. The highest BCUT2D eigenvalue weighted by Crippen LogP contribution is 2.30. The van der Waals surface area contributed by atoms with Gasteiger partial charge in [0.2, 0.25) is 0 Å². The van der Waals surface area contributed by atoms with Gasteiger partial charge in [0.1, 0.15) is 10.7 Å². The zero-order chi connectivity index (χ0) is 22.1. The highest BCUT2D eigenvalue weighted by Gasteiger charge is 2.32. The minimum absolute atomic E-state index is 0.163. The third-order valence-electron chi connectivity index (χ3n) is 4.29. The first kappa shape index (κ1) is 21.9. The van der Waals surface area contributed by atoms with Crippen LogP contribution in [-0.2, 0) is 12.8 Å². The third kappa shape index (κ3) is 4.86. The summed E-state index contributed by atoms with van der Waals surface area (Å²) in [6, 6.07) is 4.60. The summed E-state index contributed by atoms with van der Waals surface area (Å²) in [5.41, 5.74) is 5.38. The fourth-order valence-electron chi connectivity index (χ4n) is 2.70. The SMILES string of the molecule is CC(C)(N)[C@H](NC(=O)c1ccc(-c2ccc(C(F)(F)F)cn2)[nH]1)c1ncc(CO)s1. The standard InChI is InChI=1S/C19H20F3N5O2S/c1-18(2,23)15(17-25-8-11(9-28)30-17)27-16(29)14-6-5-13(26-14)12-4-3-10(7-24-12)19(20,21)22/h3-8,15,26,28H,9,23H2,1-2H3,(H,27,29)/t15-/m1/s1. The van der Waals surface area contributed by atoms with Crippen molar-refractivity contribution in [2.24, 2.45) is 5.73 Å². The summed E-state index contributed by atoms with van der Waals surface area (Å²) in [5.74, 6) is -0.461. The number of aromatic nitrogens is 3. The molecular formula is C19H20F3N5O2S. The number of nitrogens with zero attached hydrogens (tertiary/aromatic N) is 2. The summed E-state index contributed by atoms with van der Waals surface area (Å²) in [6.45, 7) is 3.32. The molecule has 1 amide bonds. The van der Waals surface area contributed by atoms with Crippen molar-refractivity contribution >= 4 is 17.2 Å². The summed E-state index contributed by atoms with van der Waals surface area (Å²) < 4.78 is 38.1. The van der Waals surface area contributed by atoms with Crippen molar-refractivity contribution in [2.45, 2.75) is 38.2 Å². The zero-order valence-corrected chi connectivity index (χ0v) is 16.9. The molecule has 160 valence electrons. The van der Waals surface area contributed by atoms with Crippen molar-refractivity contribution in [3.63, 3.8) is 0 Å². The van der Waals surface area contributed by atoms with Gasteiger partial charge in [0.05, 0.1) is 34.5 Å². The van der Waals surface area contributed by atoms with Gasteiger partial charge in [0, 0.05) is 17.9 Å². The molecule has 1 atom stereocenters. The molecule has 0 spiro atoms. The van der Waals surface area contributed by atoms with Crippen LogP contribution in [0.5, 0.6) is 0 Å². The van der Waals surface area contributed by atoms with E-state index >= 15 is 0 Å². The van der Waals surface area contributed by atoms with E-state index in [0.29, 0.717) is 15.6 Å². The molecular weight excluding hydrogens is 419 g/mol. The molecule has 0 unspecified atom stereocenters. The maximum atomic E-state index is 12.7. The summed E-state index contributed by atoms with van der Waals surface area (Å²) in [4.78, 5) is 24.3. The van der Waals surface area contributed by atoms with Gasteiger partial charge in [-0.25, -0.2) is 4.98 Å². The second kappa shape index (κ2) is 8.17. The number of aliphatic hydroxyl groups excluding tert-OH is 1. The predicted octanol–water partition coefficient (Wildman–Crippen LogP) is 3.25. The second-order valence-electron chi connectivity index (χ2n) is 7.27. The minimum atomic E-state index is -4.47. The average Bonchev–Trinajstić information content (AvgIpc) is 3.34. The van der Waals surface area contributed by atoms with Crippen molar-refractivity contribution in [3.8, 4) is 11.4 Å². The molecule has 3 rings (SSSR count). The number of carbonyl (C=O) groups is 1. The van der Waals surface area contributed by atoms with Crippen molar-refractivity contribution in [3.05, 3.63) is 57.8 Å². The number of nitrogens with one attached hydrogen (secondary N) is 2. The number of thiazole rings is 1. The summed E-state index contributed by atoms with van der Waals surface area (Å²) >= 11 is 1.24. The smallest absolute Gasteiger partial charge is 0.391 e. The summed E-state index contributed by atoms with van der Waals surface area (Å²) in [5, 5.41) is 12.6. The quantitative estimate of drug-likeness (QED) is 0.470. The monoisotopic (exact) mass is 439 g/mol. The molecule has 0 fully saturated rings. The number of carbonyl (C=O) groups excluding carboxylic acids is 1. The van der Waals surface area contributed by atoms with Gasteiger partial charge < -0.3 is 21.1 Å². The fourth-order valence-corrected chi connectivity index (χ4v) is 3.73. The molecule has 7 nitrogen and oxygen atoms in total. The first-order valence-electron chi connectivity index (χ1n) is 8.87. The summed E-state index contributed by atoms with van der Waals surface area (Å²) in [7, 11) is 0. The first-order chi connectivity index (χ1) is 14.0. The lowest BCUT2D eigenvalue weighted by Crippen LogP contribution is -2.48. The topological polar surface area (TPSA) is 117 Å². The Labute approximate surface area is 174 Å². The van der Waals surface area contributed by atoms with Crippen LogP contribution in [0.2, 0.25) is 0 Å². The number of halogens is 3. The molecule has 3 aromatic rings. The van der Waals surface area contributed by atoms with Gasteiger partial charge in [0.25, 0.3) is 5.91 Å². The maximum Gasteiger partial charge on any atom is 0.417 e. The number of amides is 1. The molecule has 0 bridgehead atoms. The molecule has 0 radical (unpaired) electrons. The van der Waals surface area contributed by atoms with Crippen LogP contribution in [0.15, 0.2) is 36.7 Å². The predicted molar refractivity (Wildman–Crippen MR) is 106 cm³/mol.